The number of sulfonamides is 1. The standard InChI is InChI=1S/C30H36ClN3O4S/c1-6-23(4)32-30(36)24(5)33(19-25-11-9-12-26(31)18-25)29(35)20-34(28-13-8-7-10-22(28)3)39(37,38)27-16-14-21(2)15-17-27/h7-18,23-24H,6,19-20H2,1-5H3,(H,32,36)/t23-,24-/m1/s1. The molecule has 39 heavy (non-hydrogen) atoms. The molecule has 9 heteroatoms. The highest BCUT2D eigenvalue weighted by atomic mass is 35.5. The molecule has 1 N–H and O–H groups in total. The summed E-state index contributed by atoms with van der Waals surface area (Å²) in [5.74, 6) is -0.829. The van der Waals surface area contributed by atoms with E-state index < -0.39 is 28.5 Å². The van der Waals surface area contributed by atoms with Crippen molar-refractivity contribution >= 4 is 39.1 Å². The summed E-state index contributed by atoms with van der Waals surface area (Å²) < 4.78 is 28.9. The van der Waals surface area contributed by atoms with Crippen molar-refractivity contribution in [2.45, 2.75) is 64.6 Å². The van der Waals surface area contributed by atoms with E-state index in [1.165, 1.54) is 17.0 Å². The second kappa shape index (κ2) is 13.1. The topological polar surface area (TPSA) is 86.8 Å². The van der Waals surface area contributed by atoms with Gasteiger partial charge in [-0.1, -0.05) is 66.6 Å². The summed E-state index contributed by atoms with van der Waals surface area (Å²) in [5.41, 5.74) is 2.74. The van der Waals surface area contributed by atoms with Gasteiger partial charge < -0.3 is 10.2 Å². The number of para-hydroxylation sites is 1. The van der Waals surface area contributed by atoms with Crippen molar-refractivity contribution in [3.63, 3.8) is 0 Å². The number of nitrogens with zero attached hydrogens (tertiary/aromatic N) is 2. The molecule has 0 saturated heterocycles. The Morgan fingerprint density at radius 3 is 2.23 bits per heavy atom. The summed E-state index contributed by atoms with van der Waals surface area (Å²) in [7, 11) is -4.11. The number of anilines is 1. The number of hydrogen-bond donors (Lipinski definition) is 1. The van der Waals surface area contributed by atoms with Gasteiger partial charge >= 0.3 is 0 Å². The number of halogens is 1. The summed E-state index contributed by atoms with van der Waals surface area (Å²) in [6.45, 7) is 8.76. The summed E-state index contributed by atoms with van der Waals surface area (Å²) in [4.78, 5) is 28.6. The number of nitrogens with one attached hydrogen (secondary N) is 1. The van der Waals surface area contributed by atoms with Crippen LogP contribution < -0.4 is 9.62 Å². The molecule has 7 nitrogen and oxygen atoms in total. The predicted octanol–water partition coefficient (Wildman–Crippen LogP) is 5.48. The van der Waals surface area contributed by atoms with Gasteiger partial charge in [0.15, 0.2) is 0 Å². The van der Waals surface area contributed by atoms with E-state index >= 15 is 0 Å². The van der Waals surface area contributed by atoms with Crippen LogP contribution in [0.4, 0.5) is 5.69 Å². The third-order valence-electron chi connectivity index (χ3n) is 6.68. The van der Waals surface area contributed by atoms with Crippen LogP contribution in [0.1, 0.15) is 43.9 Å². The van der Waals surface area contributed by atoms with Crippen molar-refractivity contribution in [1.82, 2.24) is 10.2 Å². The highest BCUT2D eigenvalue weighted by Crippen LogP contribution is 2.27. The lowest BCUT2D eigenvalue weighted by Crippen LogP contribution is -2.52. The van der Waals surface area contributed by atoms with Crippen LogP contribution in [0.5, 0.6) is 0 Å². The molecule has 0 aliphatic heterocycles. The van der Waals surface area contributed by atoms with Gasteiger partial charge in [-0.15, -0.1) is 0 Å². The maximum absolute atomic E-state index is 14.0. The Kier molecular flexibility index (Phi) is 10.2. The third-order valence-corrected chi connectivity index (χ3v) is 8.69. The van der Waals surface area contributed by atoms with Crippen molar-refractivity contribution in [2.75, 3.05) is 10.8 Å². The molecular formula is C30H36ClN3O4S. The Balaban J connectivity index is 2.04. The molecule has 2 amide bonds. The van der Waals surface area contributed by atoms with E-state index in [0.717, 1.165) is 21.9 Å². The van der Waals surface area contributed by atoms with E-state index in [1.807, 2.05) is 32.9 Å². The smallest absolute Gasteiger partial charge is 0.264 e. The van der Waals surface area contributed by atoms with Gasteiger partial charge in [-0.3, -0.25) is 13.9 Å². The number of carbonyl (C=O) groups excluding carboxylic acids is 2. The van der Waals surface area contributed by atoms with Crippen LogP contribution in [0, 0.1) is 13.8 Å². The fraction of sp³-hybridized carbons (Fsp3) is 0.333. The Hall–Kier alpha value is -3.36. The number of hydrogen-bond acceptors (Lipinski definition) is 4. The van der Waals surface area contributed by atoms with Gasteiger partial charge in [0, 0.05) is 17.6 Å². The zero-order chi connectivity index (χ0) is 28.7. The highest BCUT2D eigenvalue weighted by Gasteiger charge is 2.33. The number of carbonyl (C=O) groups is 2. The van der Waals surface area contributed by atoms with Crippen molar-refractivity contribution in [2.24, 2.45) is 0 Å². The molecule has 0 fully saturated rings. The van der Waals surface area contributed by atoms with Crippen LogP contribution in [-0.2, 0) is 26.2 Å². The summed E-state index contributed by atoms with van der Waals surface area (Å²) >= 11 is 6.19. The van der Waals surface area contributed by atoms with Gasteiger partial charge in [0.25, 0.3) is 10.0 Å². The minimum atomic E-state index is -4.11. The van der Waals surface area contributed by atoms with Crippen LogP contribution in [-0.4, -0.2) is 43.8 Å². The van der Waals surface area contributed by atoms with Gasteiger partial charge in [0.2, 0.25) is 11.8 Å². The van der Waals surface area contributed by atoms with Crippen molar-refractivity contribution in [3.05, 3.63) is 94.5 Å². The lowest BCUT2D eigenvalue weighted by atomic mass is 10.1. The van der Waals surface area contributed by atoms with E-state index in [9.17, 15) is 18.0 Å². The number of benzene rings is 3. The first-order chi connectivity index (χ1) is 18.4. The molecule has 3 aromatic carbocycles. The molecule has 0 aliphatic carbocycles. The molecular weight excluding hydrogens is 534 g/mol. The van der Waals surface area contributed by atoms with Gasteiger partial charge in [0.05, 0.1) is 10.6 Å². The monoisotopic (exact) mass is 569 g/mol. The fourth-order valence-corrected chi connectivity index (χ4v) is 5.77. The average molecular weight is 570 g/mol. The van der Waals surface area contributed by atoms with Crippen LogP contribution in [0.15, 0.2) is 77.7 Å². The lowest BCUT2D eigenvalue weighted by Gasteiger charge is -2.33. The Morgan fingerprint density at radius 2 is 1.62 bits per heavy atom. The Bertz CT molecular complexity index is 1410. The van der Waals surface area contributed by atoms with Crippen LogP contribution in [0.3, 0.4) is 0 Å². The maximum atomic E-state index is 14.0. The second-order valence-corrected chi connectivity index (χ2v) is 12.1. The first-order valence-electron chi connectivity index (χ1n) is 12.9. The third kappa shape index (κ3) is 7.61. The van der Waals surface area contributed by atoms with Gasteiger partial charge in [0.1, 0.15) is 12.6 Å². The SMILES string of the molecule is CC[C@@H](C)NC(=O)[C@@H](C)N(Cc1cccc(Cl)c1)C(=O)CN(c1ccccc1C)S(=O)(=O)c1ccc(C)cc1. The quantitative estimate of drug-likeness (QED) is 0.331. The van der Waals surface area contributed by atoms with E-state index in [2.05, 4.69) is 5.32 Å². The van der Waals surface area contributed by atoms with E-state index in [4.69, 9.17) is 11.6 Å². The van der Waals surface area contributed by atoms with Crippen LogP contribution >= 0.6 is 11.6 Å². The van der Waals surface area contributed by atoms with E-state index in [-0.39, 0.29) is 23.4 Å². The molecule has 3 aromatic rings. The molecule has 2 atom stereocenters. The molecule has 0 aromatic heterocycles. The number of rotatable bonds is 11. The first-order valence-corrected chi connectivity index (χ1v) is 14.7. The lowest BCUT2D eigenvalue weighted by molar-refractivity contribution is -0.139. The van der Waals surface area contributed by atoms with Crippen molar-refractivity contribution in [1.29, 1.82) is 0 Å². The highest BCUT2D eigenvalue weighted by molar-refractivity contribution is 7.92. The van der Waals surface area contributed by atoms with Crippen LogP contribution in [0.2, 0.25) is 5.02 Å². The van der Waals surface area contributed by atoms with Gasteiger partial charge in [-0.25, -0.2) is 8.42 Å². The second-order valence-electron chi connectivity index (χ2n) is 9.76. The minimum Gasteiger partial charge on any atom is -0.352 e. The maximum Gasteiger partial charge on any atom is 0.264 e. The molecule has 0 unspecified atom stereocenters. The fourth-order valence-electron chi connectivity index (χ4n) is 4.07. The molecule has 3 rings (SSSR count). The van der Waals surface area contributed by atoms with Crippen LogP contribution in [0.25, 0.3) is 0 Å². The number of amides is 2. The van der Waals surface area contributed by atoms with Crippen molar-refractivity contribution in [3.8, 4) is 0 Å². The number of aryl methyl sites for hydroxylation is 2. The summed E-state index contributed by atoms with van der Waals surface area (Å²) in [6.07, 6.45) is 0.733. The van der Waals surface area contributed by atoms with Gasteiger partial charge in [-0.05, 0) is 75.6 Å². The minimum absolute atomic E-state index is 0.0755. The molecule has 0 spiro atoms. The molecule has 0 bridgehead atoms. The molecule has 0 aliphatic rings. The van der Waals surface area contributed by atoms with Crippen molar-refractivity contribution < 1.29 is 18.0 Å². The Morgan fingerprint density at radius 1 is 0.949 bits per heavy atom. The Labute approximate surface area is 236 Å². The normalized spacial score (nSPS) is 12.9. The summed E-state index contributed by atoms with van der Waals surface area (Å²) in [5, 5.41) is 3.43. The van der Waals surface area contributed by atoms with E-state index in [0.29, 0.717) is 16.3 Å². The molecule has 0 saturated carbocycles. The first kappa shape index (κ1) is 30.2. The molecule has 0 radical (unpaired) electrons. The zero-order valence-corrected chi connectivity index (χ0v) is 24.6. The molecule has 0 heterocycles. The van der Waals surface area contributed by atoms with Gasteiger partial charge in [-0.2, -0.15) is 0 Å². The average Bonchev–Trinajstić information content (AvgIpc) is 2.90. The van der Waals surface area contributed by atoms with E-state index in [1.54, 1.807) is 62.4 Å². The largest absolute Gasteiger partial charge is 0.352 e. The zero-order valence-electron chi connectivity index (χ0n) is 23.0. The molecule has 208 valence electrons. The summed E-state index contributed by atoms with van der Waals surface area (Å²) in [6, 6.07) is 19.6. The predicted molar refractivity (Wildman–Crippen MR) is 156 cm³/mol.